The van der Waals surface area contributed by atoms with Crippen LogP contribution in [-0.2, 0) is 0 Å². The highest BCUT2D eigenvalue weighted by molar-refractivity contribution is 7.13. The van der Waals surface area contributed by atoms with Crippen molar-refractivity contribution in [2.75, 3.05) is 5.32 Å². The zero-order valence-corrected chi connectivity index (χ0v) is 11.2. The summed E-state index contributed by atoms with van der Waals surface area (Å²) in [6, 6.07) is 13.9. The lowest BCUT2D eigenvalue weighted by molar-refractivity contribution is 1.26. The lowest BCUT2D eigenvalue weighted by Crippen LogP contribution is -1.92. The number of rotatable bonds is 2. The molecule has 92 valence electrons. The van der Waals surface area contributed by atoms with Crippen LogP contribution in [0.4, 0.5) is 10.8 Å². The van der Waals surface area contributed by atoms with Crippen molar-refractivity contribution >= 4 is 32.9 Å². The second kappa shape index (κ2) is 4.71. The summed E-state index contributed by atoms with van der Waals surface area (Å²) in [6.45, 7) is 1.97. The molecule has 3 nitrogen and oxygen atoms in total. The van der Waals surface area contributed by atoms with Gasteiger partial charge in [-0.15, -0.1) is 11.3 Å². The van der Waals surface area contributed by atoms with Gasteiger partial charge in [-0.3, -0.25) is 0 Å². The van der Waals surface area contributed by atoms with Crippen molar-refractivity contribution in [1.82, 2.24) is 4.98 Å². The first kappa shape index (κ1) is 11.7. The highest BCUT2D eigenvalue weighted by Crippen LogP contribution is 2.29. The summed E-state index contributed by atoms with van der Waals surface area (Å²) in [6.07, 6.45) is 0. The number of aromatic nitrogens is 1. The Morgan fingerprint density at radius 3 is 2.63 bits per heavy atom. The van der Waals surface area contributed by atoms with Crippen molar-refractivity contribution in [2.24, 2.45) is 0 Å². The van der Waals surface area contributed by atoms with Gasteiger partial charge in [-0.1, -0.05) is 24.3 Å². The Bertz CT molecular complexity index is 783. The minimum Gasteiger partial charge on any atom is -0.331 e. The van der Waals surface area contributed by atoms with Gasteiger partial charge in [0.2, 0.25) is 0 Å². The minimum absolute atomic E-state index is 0.691. The van der Waals surface area contributed by atoms with Gasteiger partial charge in [0.1, 0.15) is 0 Å². The van der Waals surface area contributed by atoms with Crippen LogP contribution in [0, 0.1) is 18.3 Å². The zero-order chi connectivity index (χ0) is 13.2. The normalized spacial score (nSPS) is 10.3. The lowest BCUT2D eigenvalue weighted by Gasteiger charge is -2.08. The number of aryl methyl sites for hydroxylation is 1. The largest absolute Gasteiger partial charge is 0.331 e. The Labute approximate surface area is 115 Å². The van der Waals surface area contributed by atoms with E-state index < -0.39 is 0 Å². The average molecular weight is 265 g/mol. The molecule has 0 aliphatic rings. The van der Waals surface area contributed by atoms with Crippen molar-refractivity contribution in [3.63, 3.8) is 0 Å². The fraction of sp³-hybridized carbons (Fsp3) is 0.0667. The van der Waals surface area contributed by atoms with E-state index in [1.165, 1.54) is 0 Å². The van der Waals surface area contributed by atoms with Crippen LogP contribution >= 0.6 is 11.3 Å². The molecule has 19 heavy (non-hydrogen) atoms. The molecule has 0 atom stereocenters. The van der Waals surface area contributed by atoms with Crippen molar-refractivity contribution in [1.29, 1.82) is 5.26 Å². The van der Waals surface area contributed by atoms with Gasteiger partial charge in [0.15, 0.2) is 5.13 Å². The lowest BCUT2D eigenvalue weighted by atomic mass is 10.0. The molecule has 0 saturated carbocycles. The highest BCUT2D eigenvalue weighted by Gasteiger charge is 2.06. The minimum atomic E-state index is 0.691. The number of fused-ring (bicyclic) bond motifs is 1. The van der Waals surface area contributed by atoms with E-state index in [0.29, 0.717) is 5.56 Å². The Morgan fingerprint density at radius 1 is 1.16 bits per heavy atom. The van der Waals surface area contributed by atoms with Gasteiger partial charge in [0, 0.05) is 21.8 Å². The molecule has 1 aromatic heterocycles. The average Bonchev–Trinajstić information content (AvgIpc) is 2.85. The molecule has 0 saturated heterocycles. The van der Waals surface area contributed by atoms with Gasteiger partial charge in [0.25, 0.3) is 0 Å². The molecule has 0 bridgehead atoms. The van der Waals surface area contributed by atoms with Crippen LogP contribution in [0.2, 0.25) is 0 Å². The van der Waals surface area contributed by atoms with Crippen molar-refractivity contribution in [2.45, 2.75) is 6.92 Å². The summed E-state index contributed by atoms with van der Waals surface area (Å²) in [5.74, 6) is 0. The number of benzene rings is 2. The van der Waals surface area contributed by atoms with Gasteiger partial charge in [-0.05, 0) is 19.1 Å². The van der Waals surface area contributed by atoms with Crippen LogP contribution in [0.3, 0.4) is 0 Å². The maximum atomic E-state index is 9.14. The molecule has 2 aromatic carbocycles. The summed E-state index contributed by atoms with van der Waals surface area (Å²) >= 11 is 1.58. The van der Waals surface area contributed by atoms with E-state index in [1.54, 1.807) is 11.3 Å². The van der Waals surface area contributed by atoms with E-state index in [-0.39, 0.29) is 0 Å². The Hall–Kier alpha value is -2.38. The molecule has 3 aromatic rings. The molecule has 0 amide bonds. The summed E-state index contributed by atoms with van der Waals surface area (Å²) in [5.41, 5.74) is 2.67. The molecule has 0 spiro atoms. The van der Waals surface area contributed by atoms with Gasteiger partial charge in [-0.2, -0.15) is 5.26 Å². The monoisotopic (exact) mass is 265 g/mol. The number of nitriles is 1. The van der Waals surface area contributed by atoms with Crippen LogP contribution < -0.4 is 5.32 Å². The van der Waals surface area contributed by atoms with Crippen molar-refractivity contribution in [3.05, 3.63) is 53.0 Å². The molecule has 0 fully saturated rings. The van der Waals surface area contributed by atoms with E-state index in [4.69, 9.17) is 5.26 Å². The fourth-order valence-corrected chi connectivity index (χ4v) is 2.73. The number of nitrogens with one attached hydrogen (secondary N) is 1. The summed E-state index contributed by atoms with van der Waals surface area (Å²) in [7, 11) is 0. The third-order valence-corrected chi connectivity index (χ3v) is 3.78. The van der Waals surface area contributed by atoms with Gasteiger partial charge < -0.3 is 5.32 Å². The second-order valence-corrected chi connectivity index (χ2v) is 5.10. The van der Waals surface area contributed by atoms with Crippen molar-refractivity contribution < 1.29 is 0 Å². The van der Waals surface area contributed by atoms with Crippen LogP contribution in [0.1, 0.15) is 11.3 Å². The van der Waals surface area contributed by atoms with E-state index in [0.717, 1.165) is 27.3 Å². The third-order valence-electron chi connectivity index (χ3n) is 2.91. The van der Waals surface area contributed by atoms with E-state index in [2.05, 4.69) is 16.4 Å². The van der Waals surface area contributed by atoms with Gasteiger partial charge in [-0.25, -0.2) is 4.98 Å². The molecule has 0 unspecified atom stereocenters. The molecular weight excluding hydrogens is 254 g/mol. The molecule has 0 aliphatic heterocycles. The first-order valence-electron chi connectivity index (χ1n) is 5.89. The topological polar surface area (TPSA) is 48.7 Å². The Morgan fingerprint density at radius 2 is 1.95 bits per heavy atom. The van der Waals surface area contributed by atoms with Crippen LogP contribution in [0.5, 0.6) is 0 Å². The maximum absolute atomic E-state index is 9.14. The molecule has 1 N–H and O–H groups in total. The molecular formula is C15H11N3S. The smallest absolute Gasteiger partial charge is 0.187 e. The van der Waals surface area contributed by atoms with Crippen molar-refractivity contribution in [3.8, 4) is 6.07 Å². The standard InChI is InChI=1S/C15H11N3S/c1-10-9-19-15(17-10)18-14-7-6-11(8-16)12-4-2-3-5-13(12)14/h2-7,9H,1H3,(H,17,18). The second-order valence-electron chi connectivity index (χ2n) is 4.24. The number of thiazole rings is 1. The number of hydrogen-bond acceptors (Lipinski definition) is 4. The number of nitrogens with zero attached hydrogens (tertiary/aromatic N) is 2. The molecule has 0 aliphatic carbocycles. The van der Waals surface area contributed by atoms with Crippen LogP contribution in [-0.4, -0.2) is 4.98 Å². The van der Waals surface area contributed by atoms with Gasteiger partial charge >= 0.3 is 0 Å². The molecule has 4 heteroatoms. The summed E-state index contributed by atoms with van der Waals surface area (Å²) in [4.78, 5) is 4.40. The molecule has 1 heterocycles. The van der Waals surface area contributed by atoms with E-state index in [1.807, 2.05) is 48.7 Å². The first-order chi connectivity index (χ1) is 9.28. The SMILES string of the molecule is Cc1csc(Nc2ccc(C#N)c3ccccc23)n1. The quantitative estimate of drug-likeness (QED) is 0.754. The Balaban J connectivity index is 2.12. The summed E-state index contributed by atoms with van der Waals surface area (Å²) < 4.78 is 0. The van der Waals surface area contributed by atoms with E-state index in [9.17, 15) is 0 Å². The maximum Gasteiger partial charge on any atom is 0.187 e. The van der Waals surface area contributed by atoms with Gasteiger partial charge in [0.05, 0.1) is 17.3 Å². The molecule has 3 rings (SSSR count). The first-order valence-corrected chi connectivity index (χ1v) is 6.77. The van der Waals surface area contributed by atoms with Crippen LogP contribution in [0.15, 0.2) is 41.8 Å². The van der Waals surface area contributed by atoms with E-state index >= 15 is 0 Å². The Kier molecular flexibility index (Phi) is 2.90. The predicted molar refractivity (Wildman–Crippen MR) is 78.8 cm³/mol. The summed E-state index contributed by atoms with van der Waals surface area (Å²) in [5, 5.41) is 17.3. The zero-order valence-electron chi connectivity index (χ0n) is 10.3. The highest BCUT2D eigenvalue weighted by atomic mass is 32.1. The number of hydrogen-bond donors (Lipinski definition) is 1. The number of anilines is 2. The van der Waals surface area contributed by atoms with Crippen LogP contribution in [0.25, 0.3) is 10.8 Å². The predicted octanol–water partition coefficient (Wildman–Crippen LogP) is 4.22. The third kappa shape index (κ3) is 2.16. The fourth-order valence-electron chi connectivity index (χ4n) is 2.03. The molecule has 0 radical (unpaired) electrons.